The quantitative estimate of drug-likeness (QED) is 0.517. The minimum Gasteiger partial charge on any atom is -0.325 e. The van der Waals surface area contributed by atoms with Gasteiger partial charge in [0.05, 0.1) is 29.1 Å². The molecule has 0 saturated heterocycles. The summed E-state index contributed by atoms with van der Waals surface area (Å²) in [6, 6.07) is 11.7. The highest BCUT2D eigenvalue weighted by atomic mass is 32.1. The number of carbonyl (C=O) groups excluding carboxylic acids is 2. The Labute approximate surface area is 192 Å². The minimum absolute atomic E-state index is 0.0286. The third-order valence-corrected chi connectivity index (χ3v) is 6.28. The number of carbonyl (C=O) groups is 2. The van der Waals surface area contributed by atoms with Crippen LogP contribution in [-0.4, -0.2) is 24.1 Å². The summed E-state index contributed by atoms with van der Waals surface area (Å²) in [4.78, 5) is 32.9. The third kappa shape index (κ3) is 4.98. The van der Waals surface area contributed by atoms with Crippen molar-refractivity contribution in [2.24, 2.45) is 4.99 Å². The molecule has 0 atom stereocenters. The molecule has 5 nitrogen and oxygen atoms in total. The summed E-state index contributed by atoms with van der Waals surface area (Å²) in [5.41, 5.74) is 3.11. The van der Waals surface area contributed by atoms with E-state index in [9.17, 15) is 22.8 Å². The van der Waals surface area contributed by atoms with Crippen molar-refractivity contribution in [3.05, 3.63) is 75.5 Å². The second kappa shape index (κ2) is 8.82. The van der Waals surface area contributed by atoms with Crippen molar-refractivity contribution in [3.63, 3.8) is 0 Å². The van der Waals surface area contributed by atoms with Gasteiger partial charge in [0.15, 0.2) is 0 Å². The molecule has 0 spiro atoms. The van der Waals surface area contributed by atoms with Gasteiger partial charge >= 0.3 is 6.18 Å². The molecule has 0 radical (unpaired) electrons. The van der Waals surface area contributed by atoms with Gasteiger partial charge in [0, 0.05) is 10.6 Å². The number of nitrogens with one attached hydrogen (secondary N) is 1. The Balaban J connectivity index is 1.60. The average Bonchev–Trinajstić information content (AvgIpc) is 3.25. The lowest BCUT2D eigenvalue weighted by Crippen LogP contribution is -2.38. The van der Waals surface area contributed by atoms with E-state index < -0.39 is 17.6 Å². The van der Waals surface area contributed by atoms with Gasteiger partial charge in [0.2, 0.25) is 11.8 Å². The van der Waals surface area contributed by atoms with Crippen LogP contribution in [0.15, 0.2) is 58.9 Å². The summed E-state index contributed by atoms with van der Waals surface area (Å²) in [5, 5.41) is 4.48. The number of rotatable bonds is 4. The number of alkyl halides is 3. The van der Waals surface area contributed by atoms with Crippen molar-refractivity contribution in [2.75, 3.05) is 16.8 Å². The molecule has 3 aromatic rings. The first-order valence-corrected chi connectivity index (χ1v) is 11.0. The molecule has 0 unspecified atom stereocenters. The molecule has 1 aromatic heterocycles. The molecule has 2 heterocycles. The first kappa shape index (κ1) is 22.7. The highest BCUT2D eigenvalue weighted by molar-refractivity contribution is 7.12. The fraction of sp³-hybridized carbons (Fsp3) is 0.208. The lowest BCUT2D eigenvalue weighted by atomic mass is 10.1. The molecule has 4 rings (SSSR count). The first-order chi connectivity index (χ1) is 15.6. The van der Waals surface area contributed by atoms with E-state index in [4.69, 9.17) is 4.99 Å². The van der Waals surface area contributed by atoms with Gasteiger partial charge in [0.1, 0.15) is 6.54 Å². The Morgan fingerprint density at radius 2 is 1.82 bits per heavy atom. The normalized spacial score (nSPS) is 13.9. The number of hydrogen-bond acceptors (Lipinski definition) is 4. The molecule has 1 aliphatic rings. The van der Waals surface area contributed by atoms with E-state index in [0.717, 1.165) is 28.1 Å². The van der Waals surface area contributed by atoms with Crippen LogP contribution in [0.3, 0.4) is 0 Å². The number of fused-ring (bicyclic) bond motifs is 1. The van der Waals surface area contributed by atoms with E-state index in [1.807, 2.05) is 43.5 Å². The van der Waals surface area contributed by atoms with Crippen molar-refractivity contribution in [3.8, 4) is 0 Å². The largest absolute Gasteiger partial charge is 0.416 e. The van der Waals surface area contributed by atoms with Crippen molar-refractivity contribution < 1.29 is 22.8 Å². The van der Waals surface area contributed by atoms with Crippen LogP contribution < -0.4 is 10.2 Å². The van der Waals surface area contributed by atoms with E-state index in [-0.39, 0.29) is 24.6 Å². The number of aliphatic imine (C=N–C) groups is 1. The van der Waals surface area contributed by atoms with Crippen molar-refractivity contribution in [1.29, 1.82) is 0 Å². The number of nitrogens with zero attached hydrogens (tertiary/aromatic N) is 2. The van der Waals surface area contributed by atoms with Gasteiger partial charge in [-0.05, 0) is 72.8 Å². The highest BCUT2D eigenvalue weighted by Gasteiger charge is 2.30. The highest BCUT2D eigenvalue weighted by Crippen LogP contribution is 2.36. The molecule has 0 fully saturated rings. The predicted octanol–water partition coefficient (Wildman–Crippen LogP) is 5.88. The van der Waals surface area contributed by atoms with Crippen molar-refractivity contribution in [1.82, 2.24) is 0 Å². The smallest absolute Gasteiger partial charge is 0.325 e. The second-order valence-corrected chi connectivity index (χ2v) is 8.69. The molecule has 0 aliphatic carbocycles. The molecular weight excluding hydrogens is 451 g/mol. The van der Waals surface area contributed by atoms with Crippen LogP contribution in [0.5, 0.6) is 0 Å². The molecule has 0 saturated carbocycles. The van der Waals surface area contributed by atoms with Crippen LogP contribution >= 0.6 is 11.3 Å². The van der Waals surface area contributed by atoms with Crippen LogP contribution in [-0.2, 0) is 15.8 Å². The fourth-order valence-corrected chi connectivity index (χ4v) is 4.21. The Morgan fingerprint density at radius 3 is 2.45 bits per heavy atom. The molecule has 0 bridgehead atoms. The minimum atomic E-state index is -4.46. The lowest BCUT2D eigenvalue weighted by Gasteiger charge is -2.23. The summed E-state index contributed by atoms with van der Waals surface area (Å²) in [5.74, 6) is -0.807. The van der Waals surface area contributed by atoms with E-state index in [1.165, 1.54) is 28.4 Å². The van der Waals surface area contributed by atoms with Crippen LogP contribution in [0.4, 0.5) is 30.2 Å². The van der Waals surface area contributed by atoms with E-state index in [2.05, 4.69) is 5.32 Å². The monoisotopic (exact) mass is 471 g/mol. The maximum Gasteiger partial charge on any atom is 0.416 e. The molecule has 2 aromatic carbocycles. The molecule has 1 N–H and O–H groups in total. The predicted molar refractivity (Wildman–Crippen MR) is 123 cm³/mol. The molecule has 170 valence electrons. The maximum absolute atomic E-state index is 13.2. The number of halogens is 3. The van der Waals surface area contributed by atoms with Gasteiger partial charge in [-0.15, -0.1) is 11.3 Å². The lowest BCUT2D eigenvalue weighted by molar-refractivity contribution is -0.137. The zero-order valence-corrected chi connectivity index (χ0v) is 18.7. The SMILES string of the molecule is Cc1cc2c(cc1C)N(CC(=O)Nc1ccc(C(F)(F)F)cc1)C(=O)CC(c1cccs1)=N2. The summed E-state index contributed by atoms with van der Waals surface area (Å²) in [6.07, 6.45) is -4.43. The topological polar surface area (TPSA) is 61.8 Å². The average molecular weight is 472 g/mol. The van der Waals surface area contributed by atoms with Gasteiger partial charge in [-0.3, -0.25) is 9.59 Å². The van der Waals surface area contributed by atoms with Crippen LogP contribution in [0.25, 0.3) is 0 Å². The van der Waals surface area contributed by atoms with E-state index in [0.29, 0.717) is 17.1 Å². The van der Waals surface area contributed by atoms with Gasteiger partial charge in [-0.25, -0.2) is 4.99 Å². The zero-order valence-electron chi connectivity index (χ0n) is 17.9. The molecule has 1 aliphatic heterocycles. The Morgan fingerprint density at radius 1 is 1.12 bits per heavy atom. The van der Waals surface area contributed by atoms with Crippen LogP contribution in [0.1, 0.15) is 28.0 Å². The van der Waals surface area contributed by atoms with Gasteiger partial charge in [-0.1, -0.05) is 6.07 Å². The summed E-state index contributed by atoms with van der Waals surface area (Å²) in [7, 11) is 0. The molecule has 2 amide bonds. The number of hydrogen-bond donors (Lipinski definition) is 1. The Kier molecular flexibility index (Phi) is 6.07. The number of thiophene rings is 1. The number of benzene rings is 2. The summed E-state index contributed by atoms with van der Waals surface area (Å²) in [6.45, 7) is 3.57. The van der Waals surface area contributed by atoms with Gasteiger partial charge < -0.3 is 10.2 Å². The molecule has 9 heteroatoms. The number of amides is 2. The van der Waals surface area contributed by atoms with Crippen molar-refractivity contribution >= 4 is 45.9 Å². The van der Waals surface area contributed by atoms with E-state index in [1.54, 1.807) is 0 Å². The van der Waals surface area contributed by atoms with Gasteiger partial charge in [0.25, 0.3) is 0 Å². The zero-order chi connectivity index (χ0) is 23.8. The number of aryl methyl sites for hydroxylation is 2. The third-order valence-electron chi connectivity index (χ3n) is 5.36. The van der Waals surface area contributed by atoms with Crippen LogP contribution in [0.2, 0.25) is 0 Å². The van der Waals surface area contributed by atoms with Crippen molar-refractivity contribution in [2.45, 2.75) is 26.4 Å². The second-order valence-electron chi connectivity index (χ2n) is 7.74. The fourth-order valence-electron chi connectivity index (χ4n) is 3.49. The van der Waals surface area contributed by atoms with Crippen LogP contribution in [0, 0.1) is 13.8 Å². The molecule has 33 heavy (non-hydrogen) atoms. The Hall–Kier alpha value is -3.46. The summed E-state index contributed by atoms with van der Waals surface area (Å²) < 4.78 is 38.3. The standard InChI is InChI=1S/C24H20F3N3O2S/c1-14-10-18-20(11-15(14)2)30(23(32)12-19(29-18)21-4-3-9-33-21)13-22(31)28-17-7-5-16(6-8-17)24(25,26)27/h3-11H,12-13H2,1-2H3,(H,28,31). The number of anilines is 2. The first-order valence-electron chi connectivity index (χ1n) is 10.1. The Bertz CT molecular complexity index is 1230. The molecular formula is C24H20F3N3O2S. The maximum atomic E-state index is 13.2. The van der Waals surface area contributed by atoms with Gasteiger partial charge in [-0.2, -0.15) is 13.2 Å². The van der Waals surface area contributed by atoms with E-state index >= 15 is 0 Å². The summed E-state index contributed by atoms with van der Waals surface area (Å²) >= 11 is 1.48.